The molecule has 0 spiro atoms. The number of hydrogen-bond acceptors (Lipinski definition) is 4. The van der Waals surface area contributed by atoms with E-state index in [1.807, 2.05) is 6.92 Å². The molecule has 0 radical (unpaired) electrons. The highest BCUT2D eigenvalue weighted by atomic mass is 32.2. The molecule has 0 saturated carbocycles. The first kappa shape index (κ1) is 17.1. The maximum absolute atomic E-state index is 12.9. The number of nitrogens with one attached hydrogen (secondary N) is 1. The second-order valence-corrected chi connectivity index (χ2v) is 7.81. The Morgan fingerprint density at radius 2 is 2.10 bits per heavy atom. The summed E-state index contributed by atoms with van der Waals surface area (Å²) in [6.07, 6.45) is 2.86. The van der Waals surface area contributed by atoms with Gasteiger partial charge in [0.15, 0.2) is 0 Å². The molecule has 2 atom stereocenters. The molecule has 0 bridgehead atoms. The Morgan fingerprint density at radius 3 is 2.81 bits per heavy atom. The van der Waals surface area contributed by atoms with Crippen LogP contribution in [0.3, 0.4) is 0 Å². The molecule has 2 unspecified atom stereocenters. The first-order valence-corrected chi connectivity index (χ1v) is 9.54. The summed E-state index contributed by atoms with van der Waals surface area (Å²) in [5, 5.41) is 3.33. The summed E-state index contributed by atoms with van der Waals surface area (Å²) < 4.78 is 34.6. The highest BCUT2D eigenvalue weighted by molar-refractivity contribution is 7.86. The molecule has 2 aliphatic heterocycles. The summed E-state index contributed by atoms with van der Waals surface area (Å²) in [6, 6.07) is -0.0158. The molecule has 0 aliphatic carbocycles. The molecular formula is C14H29N3O3S. The van der Waals surface area contributed by atoms with Gasteiger partial charge in [-0.2, -0.15) is 17.0 Å². The first-order valence-electron chi connectivity index (χ1n) is 8.15. The van der Waals surface area contributed by atoms with Crippen LogP contribution in [0, 0.1) is 5.92 Å². The molecule has 2 heterocycles. The molecule has 1 N–H and O–H groups in total. The zero-order valence-corrected chi connectivity index (χ0v) is 14.1. The van der Waals surface area contributed by atoms with Gasteiger partial charge in [-0.3, -0.25) is 0 Å². The predicted octanol–water partition coefficient (Wildman–Crippen LogP) is 0.664. The van der Waals surface area contributed by atoms with Crippen LogP contribution in [-0.4, -0.2) is 69.0 Å². The maximum atomic E-state index is 12.9. The Morgan fingerprint density at radius 1 is 1.29 bits per heavy atom. The second kappa shape index (κ2) is 7.87. The second-order valence-electron chi connectivity index (χ2n) is 5.93. The van der Waals surface area contributed by atoms with Crippen LogP contribution in [-0.2, 0) is 14.9 Å². The number of piperidine rings is 1. The molecule has 0 aromatic heterocycles. The van der Waals surface area contributed by atoms with Crippen molar-refractivity contribution in [1.82, 2.24) is 13.9 Å². The van der Waals surface area contributed by atoms with Crippen molar-refractivity contribution in [1.29, 1.82) is 0 Å². The molecule has 2 fully saturated rings. The lowest BCUT2D eigenvalue weighted by Crippen LogP contribution is -2.55. The Kier molecular flexibility index (Phi) is 6.43. The standard InChI is InChI=1S/C14H29N3O3S/c1-3-14-12-20-9-8-17(14)21(18,19)16-7-5-6-13(11-16)10-15-4-2/h13-15H,3-12H2,1-2H3. The third-order valence-corrected chi connectivity index (χ3v) is 6.49. The van der Waals surface area contributed by atoms with Crippen LogP contribution in [0.2, 0.25) is 0 Å². The van der Waals surface area contributed by atoms with Gasteiger partial charge in [0, 0.05) is 25.7 Å². The van der Waals surface area contributed by atoms with Crippen LogP contribution >= 0.6 is 0 Å². The molecule has 7 heteroatoms. The summed E-state index contributed by atoms with van der Waals surface area (Å²) in [5.74, 6) is 0.426. The van der Waals surface area contributed by atoms with Crippen LogP contribution in [0.15, 0.2) is 0 Å². The first-order chi connectivity index (χ1) is 10.1. The molecule has 2 aliphatic rings. The van der Waals surface area contributed by atoms with E-state index in [1.54, 1.807) is 8.61 Å². The van der Waals surface area contributed by atoms with Crippen LogP contribution in [0.25, 0.3) is 0 Å². The lowest BCUT2D eigenvalue weighted by atomic mass is 10.00. The Balaban J connectivity index is 2.03. The molecule has 0 aromatic rings. The van der Waals surface area contributed by atoms with Gasteiger partial charge in [-0.25, -0.2) is 0 Å². The number of rotatable bonds is 6. The van der Waals surface area contributed by atoms with Gasteiger partial charge in [0.25, 0.3) is 10.2 Å². The van der Waals surface area contributed by atoms with E-state index in [-0.39, 0.29) is 6.04 Å². The summed E-state index contributed by atoms with van der Waals surface area (Å²) >= 11 is 0. The fraction of sp³-hybridized carbons (Fsp3) is 1.00. The maximum Gasteiger partial charge on any atom is 0.282 e. The average molecular weight is 319 g/mol. The molecule has 21 heavy (non-hydrogen) atoms. The summed E-state index contributed by atoms with van der Waals surface area (Å²) in [4.78, 5) is 0. The van der Waals surface area contributed by atoms with E-state index in [2.05, 4.69) is 12.2 Å². The SMILES string of the molecule is CCNCC1CCCN(S(=O)(=O)N2CCOCC2CC)C1. The Labute approximate surface area is 129 Å². The van der Waals surface area contributed by atoms with E-state index in [0.29, 0.717) is 38.8 Å². The van der Waals surface area contributed by atoms with Gasteiger partial charge in [0.05, 0.1) is 13.2 Å². The minimum absolute atomic E-state index is 0.0158. The Hall–Kier alpha value is -0.210. The zero-order chi connectivity index (χ0) is 15.3. The minimum Gasteiger partial charge on any atom is -0.378 e. The number of ether oxygens (including phenoxy) is 1. The summed E-state index contributed by atoms with van der Waals surface area (Å²) in [6.45, 7) is 8.74. The van der Waals surface area contributed by atoms with Gasteiger partial charge >= 0.3 is 0 Å². The normalized spacial score (nSPS) is 29.6. The van der Waals surface area contributed by atoms with Crippen molar-refractivity contribution in [3.63, 3.8) is 0 Å². The molecule has 0 aromatic carbocycles. The fourth-order valence-electron chi connectivity index (χ4n) is 3.16. The van der Waals surface area contributed by atoms with E-state index in [1.165, 1.54) is 0 Å². The minimum atomic E-state index is -3.35. The van der Waals surface area contributed by atoms with Crippen molar-refractivity contribution in [2.75, 3.05) is 45.9 Å². The highest BCUT2D eigenvalue weighted by Gasteiger charge is 2.38. The van der Waals surface area contributed by atoms with Gasteiger partial charge < -0.3 is 10.1 Å². The zero-order valence-electron chi connectivity index (χ0n) is 13.3. The third-order valence-electron chi connectivity index (χ3n) is 4.43. The number of hydrogen-bond donors (Lipinski definition) is 1. The number of morpholine rings is 1. The molecule has 2 rings (SSSR count). The topological polar surface area (TPSA) is 61.9 Å². The Bertz CT molecular complexity index is 416. The average Bonchev–Trinajstić information content (AvgIpc) is 2.53. The van der Waals surface area contributed by atoms with Crippen LogP contribution in [0.1, 0.15) is 33.1 Å². The lowest BCUT2D eigenvalue weighted by molar-refractivity contribution is 0.0277. The lowest BCUT2D eigenvalue weighted by Gasteiger charge is -2.40. The van der Waals surface area contributed by atoms with Crippen molar-refractivity contribution in [3.8, 4) is 0 Å². The van der Waals surface area contributed by atoms with Gasteiger partial charge in [-0.1, -0.05) is 13.8 Å². The van der Waals surface area contributed by atoms with Crippen molar-refractivity contribution in [2.24, 2.45) is 5.92 Å². The molecule has 124 valence electrons. The van der Waals surface area contributed by atoms with E-state index >= 15 is 0 Å². The van der Waals surface area contributed by atoms with Crippen molar-refractivity contribution in [2.45, 2.75) is 39.2 Å². The van der Waals surface area contributed by atoms with Crippen molar-refractivity contribution < 1.29 is 13.2 Å². The molecule has 2 saturated heterocycles. The largest absolute Gasteiger partial charge is 0.378 e. The third kappa shape index (κ3) is 4.16. The fourth-order valence-corrected chi connectivity index (χ4v) is 5.11. The molecule has 0 amide bonds. The van der Waals surface area contributed by atoms with E-state index < -0.39 is 10.2 Å². The molecular weight excluding hydrogens is 290 g/mol. The van der Waals surface area contributed by atoms with Crippen LogP contribution in [0.5, 0.6) is 0 Å². The summed E-state index contributed by atoms with van der Waals surface area (Å²) in [5.41, 5.74) is 0. The van der Waals surface area contributed by atoms with Crippen molar-refractivity contribution >= 4 is 10.2 Å². The predicted molar refractivity (Wildman–Crippen MR) is 83.4 cm³/mol. The van der Waals surface area contributed by atoms with E-state index in [9.17, 15) is 8.42 Å². The van der Waals surface area contributed by atoms with E-state index in [0.717, 1.165) is 32.4 Å². The van der Waals surface area contributed by atoms with Gasteiger partial charge in [0.2, 0.25) is 0 Å². The monoisotopic (exact) mass is 319 g/mol. The molecule has 6 nitrogen and oxygen atoms in total. The number of nitrogens with zero attached hydrogens (tertiary/aromatic N) is 2. The van der Waals surface area contributed by atoms with Crippen LogP contribution in [0.4, 0.5) is 0 Å². The highest BCUT2D eigenvalue weighted by Crippen LogP contribution is 2.24. The van der Waals surface area contributed by atoms with E-state index in [4.69, 9.17) is 4.74 Å². The van der Waals surface area contributed by atoms with Gasteiger partial charge in [-0.05, 0) is 38.3 Å². The summed E-state index contributed by atoms with van der Waals surface area (Å²) in [7, 11) is -3.35. The van der Waals surface area contributed by atoms with Gasteiger partial charge in [0.1, 0.15) is 0 Å². The quantitative estimate of drug-likeness (QED) is 0.781. The van der Waals surface area contributed by atoms with Crippen molar-refractivity contribution in [3.05, 3.63) is 0 Å². The van der Waals surface area contributed by atoms with Crippen LogP contribution < -0.4 is 5.32 Å². The van der Waals surface area contributed by atoms with Gasteiger partial charge in [-0.15, -0.1) is 0 Å². The smallest absolute Gasteiger partial charge is 0.282 e.